The van der Waals surface area contributed by atoms with Crippen molar-refractivity contribution < 1.29 is 24.6 Å². The molecule has 0 aliphatic carbocycles. The molecule has 1 unspecified atom stereocenters. The SMILES string of the molecule is O=C(O)CC(Cc1ccccc1Cl)NC(=O)c1cc(C(=O)O)n(Cc2ccccc2)n1. The number of rotatable bonds is 9. The molecule has 9 heteroatoms. The van der Waals surface area contributed by atoms with Gasteiger partial charge < -0.3 is 15.5 Å². The van der Waals surface area contributed by atoms with Crippen LogP contribution < -0.4 is 5.32 Å². The zero-order chi connectivity index (χ0) is 22.4. The number of hydrogen-bond acceptors (Lipinski definition) is 4. The van der Waals surface area contributed by atoms with Gasteiger partial charge in [0.15, 0.2) is 5.69 Å². The first kappa shape index (κ1) is 22.0. The van der Waals surface area contributed by atoms with Crippen molar-refractivity contribution >= 4 is 29.4 Å². The fourth-order valence-electron chi connectivity index (χ4n) is 3.15. The smallest absolute Gasteiger partial charge is 0.354 e. The molecule has 0 fully saturated rings. The Kier molecular flexibility index (Phi) is 7.04. The number of aromatic nitrogens is 2. The van der Waals surface area contributed by atoms with E-state index in [1.807, 2.05) is 30.3 Å². The lowest BCUT2D eigenvalue weighted by Crippen LogP contribution is -2.38. The standard InChI is InChI=1S/C22H20ClN3O5/c23-17-9-5-4-8-15(17)10-16(11-20(27)28)24-21(29)18-12-19(22(30)31)26(25-18)13-14-6-2-1-3-7-14/h1-9,12,16H,10-11,13H2,(H,24,29)(H,27,28)(H,30,31). The molecule has 0 aliphatic heterocycles. The van der Waals surface area contributed by atoms with Gasteiger partial charge in [0.1, 0.15) is 5.69 Å². The van der Waals surface area contributed by atoms with Gasteiger partial charge in [0.2, 0.25) is 0 Å². The maximum absolute atomic E-state index is 12.7. The maximum Gasteiger partial charge on any atom is 0.354 e. The summed E-state index contributed by atoms with van der Waals surface area (Å²) in [5, 5.41) is 25.9. The summed E-state index contributed by atoms with van der Waals surface area (Å²) in [6.07, 6.45) is -0.123. The van der Waals surface area contributed by atoms with Crippen LogP contribution in [0.2, 0.25) is 5.02 Å². The maximum atomic E-state index is 12.7. The molecular weight excluding hydrogens is 422 g/mol. The van der Waals surface area contributed by atoms with Crippen LogP contribution in [0.5, 0.6) is 0 Å². The molecule has 0 radical (unpaired) electrons. The van der Waals surface area contributed by atoms with Crippen LogP contribution in [0, 0.1) is 0 Å². The van der Waals surface area contributed by atoms with Crippen molar-refractivity contribution in [3.63, 3.8) is 0 Å². The first-order valence-corrected chi connectivity index (χ1v) is 9.82. The predicted octanol–water partition coefficient (Wildman–Crippen LogP) is 3.10. The first-order chi connectivity index (χ1) is 14.8. The Morgan fingerprint density at radius 1 is 1.03 bits per heavy atom. The molecule has 160 valence electrons. The molecule has 1 amide bonds. The number of nitrogens with one attached hydrogen (secondary N) is 1. The predicted molar refractivity (Wildman–Crippen MR) is 113 cm³/mol. The molecule has 0 bridgehead atoms. The Hall–Kier alpha value is -3.65. The van der Waals surface area contributed by atoms with Crippen LogP contribution in [0.1, 0.15) is 38.5 Å². The molecule has 3 aromatic rings. The number of carbonyl (C=O) groups is 3. The van der Waals surface area contributed by atoms with Crippen molar-refractivity contribution in [1.82, 2.24) is 15.1 Å². The minimum atomic E-state index is -1.22. The van der Waals surface area contributed by atoms with E-state index < -0.39 is 23.9 Å². The quantitative estimate of drug-likeness (QED) is 0.469. The van der Waals surface area contributed by atoms with Crippen LogP contribution in [0.15, 0.2) is 60.7 Å². The van der Waals surface area contributed by atoms with Gasteiger partial charge in [0.25, 0.3) is 5.91 Å². The second-order valence-electron chi connectivity index (χ2n) is 6.93. The third kappa shape index (κ3) is 5.93. The van der Waals surface area contributed by atoms with Gasteiger partial charge in [0.05, 0.1) is 13.0 Å². The number of halogens is 1. The Bertz CT molecular complexity index is 1100. The molecule has 0 spiro atoms. The van der Waals surface area contributed by atoms with E-state index in [-0.39, 0.29) is 30.8 Å². The van der Waals surface area contributed by atoms with E-state index in [0.717, 1.165) is 5.56 Å². The summed E-state index contributed by atoms with van der Waals surface area (Å²) in [6.45, 7) is 0.175. The van der Waals surface area contributed by atoms with Gasteiger partial charge in [-0.05, 0) is 23.6 Å². The number of carboxylic acid groups (broad SMARTS) is 2. The van der Waals surface area contributed by atoms with Crippen molar-refractivity contribution in [1.29, 1.82) is 0 Å². The third-order valence-electron chi connectivity index (χ3n) is 4.59. The summed E-state index contributed by atoms with van der Waals surface area (Å²) in [4.78, 5) is 35.6. The van der Waals surface area contributed by atoms with E-state index in [2.05, 4.69) is 10.4 Å². The Labute approximate surface area is 183 Å². The highest BCUT2D eigenvalue weighted by Gasteiger charge is 2.23. The number of nitrogens with zero attached hydrogens (tertiary/aromatic N) is 2. The van der Waals surface area contributed by atoms with Crippen molar-refractivity contribution in [2.24, 2.45) is 0 Å². The minimum absolute atomic E-state index is 0.108. The molecule has 1 atom stereocenters. The number of aromatic carboxylic acids is 1. The van der Waals surface area contributed by atoms with Crippen LogP contribution in [0.3, 0.4) is 0 Å². The Morgan fingerprint density at radius 2 is 1.71 bits per heavy atom. The van der Waals surface area contributed by atoms with Gasteiger partial charge in [-0.15, -0.1) is 0 Å². The highest BCUT2D eigenvalue weighted by molar-refractivity contribution is 6.31. The zero-order valence-corrected chi connectivity index (χ0v) is 17.1. The lowest BCUT2D eigenvalue weighted by molar-refractivity contribution is -0.137. The van der Waals surface area contributed by atoms with Gasteiger partial charge in [-0.25, -0.2) is 4.79 Å². The number of carboxylic acids is 2. The molecule has 0 saturated heterocycles. The highest BCUT2D eigenvalue weighted by Crippen LogP contribution is 2.18. The third-order valence-corrected chi connectivity index (χ3v) is 4.96. The largest absolute Gasteiger partial charge is 0.481 e. The molecule has 3 rings (SSSR count). The van der Waals surface area contributed by atoms with E-state index >= 15 is 0 Å². The van der Waals surface area contributed by atoms with Crippen LogP contribution in [-0.2, 0) is 17.8 Å². The number of carbonyl (C=O) groups excluding carboxylic acids is 1. The highest BCUT2D eigenvalue weighted by atomic mass is 35.5. The summed E-state index contributed by atoms with van der Waals surface area (Å²) >= 11 is 6.15. The average Bonchev–Trinajstić information content (AvgIpc) is 3.14. The Balaban J connectivity index is 1.81. The van der Waals surface area contributed by atoms with E-state index in [0.29, 0.717) is 10.6 Å². The van der Waals surface area contributed by atoms with Crippen molar-refractivity contribution in [2.45, 2.75) is 25.4 Å². The summed E-state index contributed by atoms with van der Waals surface area (Å²) in [5.41, 5.74) is 1.26. The van der Waals surface area contributed by atoms with Gasteiger partial charge in [-0.2, -0.15) is 5.10 Å². The van der Waals surface area contributed by atoms with Gasteiger partial charge in [-0.1, -0.05) is 60.1 Å². The zero-order valence-electron chi connectivity index (χ0n) is 16.4. The molecular formula is C22H20ClN3O5. The minimum Gasteiger partial charge on any atom is -0.481 e. The molecule has 3 N–H and O–H groups in total. The lowest BCUT2D eigenvalue weighted by atomic mass is 10.0. The van der Waals surface area contributed by atoms with Crippen molar-refractivity contribution in [3.8, 4) is 0 Å². The molecule has 0 saturated carbocycles. The summed E-state index contributed by atoms with van der Waals surface area (Å²) in [5.74, 6) is -2.97. The van der Waals surface area contributed by atoms with E-state index in [1.165, 1.54) is 10.7 Å². The van der Waals surface area contributed by atoms with Crippen molar-refractivity contribution in [2.75, 3.05) is 0 Å². The molecule has 8 nitrogen and oxygen atoms in total. The monoisotopic (exact) mass is 441 g/mol. The van der Waals surface area contributed by atoms with Crippen LogP contribution in [0.25, 0.3) is 0 Å². The molecule has 1 aromatic heterocycles. The van der Waals surface area contributed by atoms with Gasteiger partial charge in [0, 0.05) is 17.1 Å². The van der Waals surface area contributed by atoms with Crippen molar-refractivity contribution in [3.05, 3.63) is 88.2 Å². The van der Waals surface area contributed by atoms with E-state index in [4.69, 9.17) is 11.6 Å². The van der Waals surface area contributed by atoms with Crippen LogP contribution >= 0.6 is 11.6 Å². The van der Waals surface area contributed by atoms with Crippen LogP contribution in [-0.4, -0.2) is 43.9 Å². The normalized spacial score (nSPS) is 11.6. The van der Waals surface area contributed by atoms with Gasteiger partial charge >= 0.3 is 11.9 Å². The Morgan fingerprint density at radius 3 is 2.35 bits per heavy atom. The summed E-state index contributed by atoms with van der Waals surface area (Å²) < 4.78 is 1.23. The van der Waals surface area contributed by atoms with Gasteiger partial charge in [-0.3, -0.25) is 14.3 Å². The number of benzene rings is 2. The number of amides is 1. The van der Waals surface area contributed by atoms with E-state index in [1.54, 1.807) is 24.3 Å². The summed E-state index contributed by atoms with van der Waals surface area (Å²) in [6, 6.07) is 16.5. The number of aliphatic carboxylic acids is 1. The molecule has 31 heavy (non-hydrogen) atoms. The fraction of sp³-hybridized carbons (Fsp3) is 0.182. The lowest BCUT2D eigenvalue weighted by Gasteiger charge is -2.17. The fourth-order valence-corrected chi connectivity index (χ4v) is 3.36. The average molecular weight is 442 g/mol. The van der Waals surface area contributed by atoms with E-state index in [9.17, 15) is 24.6 Å². The molecule has 0 aliphatic rings. The molecule has 1 heterocycles. The summed E-state index contributed by atoms with van der Waals surface area (Å²) in [7, 11) is 0. The molecule has 2 aromatic carbocycles. The number of hydrogen-bond donors (Lipinski definition) is 3. The van der Waals surface area contributed by atoms with Crippen LogP contribution in [0.4, 0.5) is 0 Å². The second-order valence-corrected chi connectivity index (χ2v) is 7.33. The first-order valence-electron chi connectivity index (χ1n) is 9.44. The second kappa shape index (κ2) is 9.90. The topological polar surface area (TPSA) is 122 Å².